The third-order valence-electron chi connectivity index (χ3n) is 5.44. The molecule has 0 unspecified atom stereocenters. The molecule has 4 aromatic rings. The Labute approximate surface area is 193 Å². The van der Waals surface area contributed by atoms with E-state index in [4.69, 9.17) is 0 Å². The second kappa shape index (κ2) is 7.80. The summed E-state index contributed by atoms with van der Waals surface area (Å²) in [5.74, 6) is 1.21. The first-order valence-electron chi connectivity index (χ1n) is 10.7. The molecule has 0 N–H and O–H groups in total. The van der Waals surface area contributed by atoms with E-state index < -0.39 is 0 Å². The molecule has 0 bridgehead atoms. The zero-order valence-electron chi connectivity index (χ0n) is 18.5. The minimum Gasteiger partial charge on any atom is -0.346 e. The van der Waals surface area contributed by atoms with Gasteiger partial charge >= 0.3 is 0 Å². The Kier molecular flexibility index (Phi) is 4.61. The Hall–Kier alpha value is -4.54. The van der Waals surface area contributed by atoms with Gasteiger partial charge in [0.05, 0.1) is 24.0 Å². The molecule has 34 heavy (non-hydrogen) atoms. The Morgan fingerprint density at radius 1 is 0.912 bits per heavy atom. The number of rotatable bonds is 5. The number of imidazole rings is 1. The lowest BCUT2D eigenvalue weighted by atomic mass is 10.2. The smallest absolute Gasteiger partial charge is 0.252 e. The van der Waals surface area contributed by atoms with E-state index in [1.54, 1.807) is 27.4 Å². The fourth-order valence-corrected chi connectivity index (χ4v) is 3.91. The highest BCUT2D eigenvalue weighted by Gasteiger charge is 2.16. The molecule has 0 atom stereocenters. The summed E-state index contributed by atoms with van der Waals surface area (Å²) in [5.41, 5.74) is 4.41. The van der Waals surface area contributed by atoms with Crippen LogP contribution in [0.15, 0.2) is 55.0 Å². The number of pyridine rings is 1. The molecule has 168 valence electrons. The number of benzene rings is 1. The van der Waals surface area contributed by atoms with Crippen molar-refractivity contribution in [2.24, 2.45) is 0 Å². The van der Waals surface area contributed by atoms with Crippen LogP contribution < -0.4 is 0 Å². The van der Waals surface area contributed by atoms with Crippen molar-refractivity contribution in [3.63, 3.8) is 0 Å². The third-order valence-corrected chi connectivity index (χ3v) is 5.44. The average molecular weight is 454 g/mol. The zero-order chi connectivity index (χ0) is 23.2. The topological polar surface area (TPSA) is 104 Å². The summed E-state index contributed by atoms with van der Waals surface area (Å²) >= 11 is 0. The summed E-state index contributed by atoms with van der Waals surface area (Å²) < 4.78 is 19.5. The van der Waals surface area contributed by atoms with Crippen LogP contribution in [-0.4, -0.2) is 49.1 Å². The van der Waals surface area contributed by atoms with Crippen molar-refractivity contribution in [2.75, 3.05) is 0 Å². The van der Waals surface area contributed by atoms with Gasteiger partial charge in [-0.15, -0.1) is 10.2 Å². The largest absolute Gasteiger partial charge is 0.346 e. The van der Waals surface area contributed by atoms with Gasteiger partial charge in [-0.1, -0.05) is 17.3 Å². The van der Waals surface area contributed by atoms with Gasteiger partial charge < -0.3 is 4.57 Å². The van der Waals surface area contributed by atoms with Crippen molar-refractivity contribution in [3.05, 3.63) is 83.7 Å². The highest BCUT2D eigenvalue weighted by atomic mass is 19.1. The molecule has 0 saturated carbocycles. The first kappa shape index (κ1) is 20.1. The van der Waals surface area contributed by atoms with Gasteiger partial charge in [0.1, 0.15) is 23.7 Å². The average Bonchev–Trinajstić information content (AvgIpc) is 3.52. The van der Waals surface area contributed by atoms with Gasteiger partial charge in [0, 0.05) is 23.8 Å². The van der Waals surface area contributed by atoms with Crippen molar-refractivity contribution >= 4 is 5.78 Å². The quantitative estimate of drug-likeness (QED) is 0.394. The molecular weight excluding hydrogens is 435 g/mol. The zero-order valence-corrected chi connectivity index (χ0v) is 18.5. The molecule has 1 aromatic carbocycles. The molecule has 0 spiro atoms. The van der Waals surface area contributed by atoms with Gasteiger partial charge in [-0.2, -0.15) is 4.98 Å². The van der Waals surface area contributed by atoms with E-state index in [1.807, 2.05) is 49.1 Å². The third kappa shape index (κ3) is 3.66. The van der Waals surface area contributed by atoms with E-state index in [0.29, 0.717) is 47.5 Å². The minimum atomic E-state index is -0.344. The predicted molar refractivity (Wildman–Crippen MR) is 121 cm³/mol. The summed E-state index contributed by atoms with van der Waals surface area (Å²) in [6.07, 6.45) is 5.61. The van der Waals surface area contributed by atoms with Crippen LogP contribution in [0.25, 0.3) is 28.6 Å². The van der Waals surface area contributed by atoms with Crippen LogP contribution in [-0.2, 0) is 13.1 Å². The molecule has 3 aromatic heterocycles. The van der Waals surface area contributed by atoms with Crippen LogP contribution in [0.2, 0.25) is 0 Å². The predicted octanol–water partition coefficient (Wildman–Crippen LogP) is 2.93. The fourth-order valence-electron chi connectivity index (χ4n) is 3.91. The van der Waals surface area contributed by atoms with E-state index in [0.717, 1.165) is 17.1 Å². The lowest BCUT2D eigenvalue weighted by Crippen LogP contribution is -2.03. The van der Waals surface area contributed by atoms with Gasteiger partial charge in [0.15, 0.2) is 11.6 Å². The SMILES string of the molecule is Cc1cc(C)n2nc(Cn3cc(Cn4ccc5nc(-c6ccccc6F)nc-5c4)nn3)nc2n1. The van der Waals surface area contributed by atoms with Crippen molar-refractivity contribution in [1.82, 2.24) is 49.1 Å². The Bertz CT molecular complexity index is 1610. The first-order chi connectivity index (χ1) is 16.5. The number of nitrogens with zero attached hydrogens (tertiary/aromatic N) is 10. The second-order valence-corrected chi connectivity index (χ2v) is 8.10. The summed E-state index contributed by atoms with van der Waals surface area (Å²) in [4.78, 5) is 17.9. The highest BCUT2D eigenvalue weighted by molar-refractivity contribution is 5.65. The second-order valence-electron chi connectivity index (χ2n) is 8.10. The molecule has 0 fully saturated rings. The van der Waals surface area contributed by atoms with Crippen molar-refractivity contribution < 1.29 is 4.39 Å². The highest BCUT2D eigenvalue weighted by Crippen LogP contribution is 2.26. The number of fused-ring (bicyclic) bond motifs is 2. The Balaban J connectivity index is 1.21. The van der Waals surface area contributed by atoms with Gasteiger partial charge in [-0.3, -0.25) is 0 Å². The standard InChI is InChI=1S/C23H19FN10/c1-14-9-15(2)34-23(25-14)28-21(30-34)13-33-11-16(29-31-33)10-32-8-7-19-20(12-32)27-22(26-19)17-5-3-4-6-18(17)24/h3-9,11-12H,10,13H2,1-2H3. The Morgan fingerprint density at radius 2 is 1.76 bits per heavy atom. The maximum atomic E-state index is 14.1. The molecule has 11 heteroatoms. The summed E-state index contributed by atoms with van der Waals surface area (Å²) in [6, 6.07) is 10.3. The molecule has 0 radical (unpaired) electrons. The van der Waals surface area contributed by atoms with Crippen LogP contribution in [0, 0.1) is 19.7 Å². The number of halogens is 1. The number of hydrogen-bond acceptors (Lipinski definition) is 7. The van der Waals surface area contributed by atoms with Crippen molar-refractivity contribution in [3.8, 4) is 22.8 Å². The maximum Gasteiger partial charge on any atom is 0.252 e. The fraction of sp³-hybridized carbons (Fsp3) is 0.174. The molecule has 2 aliphatic heterocycles. The van der Waals surface area contributed by atoms with Gasteiger partial charge in [0.2, 0.25) is 0 Å². The lowest BCUT2D eigenvalue weighted by Gasteiger charge is -2.05. The molecule has 0 aliphatic carbocycles. The van der Waals surface area contributed by atoms with Gasteiger partial charge in [0.25, 0.3) is 5.78 Å². The van der Waals surface area contributed by atoms with Crippen LogP contribution in [0.5, 0.6) is 0 Å². The van der Waals surface area contributed by atoms with Crippen LogP contribution in [0.3, 0.4) is 0 Å². The Morgan fingerprint density at radius 3 is 2.65 bits per heavy atom. The maximum absolute atomic E-state index is 14.1. The first-order valence-corrected chi connectivity index (χ1v) is 10.7. The van der Waals surface area contributed by atoms with Crippen LogP contribution in [0.1, 0.15) is 22.9 Å². The molecule has 10 nitrogen and oxygen atoms in total. The number of aryl methyl sites for hydroxylation is 2. The molecule has 6 rings (SSSR count). The summed E-state index contributed by atoms with van der Waals surface area (Å²) in [7, 11) is 0. The number of hydrogen-bond donors (Lipinski definition) is 0. The van der Waals surface area contributed by atoms with E-state index in [9.17, 15) is 4.39 Å². The molecule has 2 aliphatic rings. The minimum absolute atomic E-state index is 0.344. The van der Waals surface area contributed by atoms with E-state index in [-0.39, 0.29) is 5.82 Å². The monoisotopic (exact) mass is 454 g/mol. The van der Waals surface area contributed by atoms with Crippen LogP contribution in [0.4, 0.5) is 4.39 Å². The van der Waals surface area contributed by atoms with Crippen LogP contribution >= 0.6 is 0 Å². The molecule has 0 amide bonds. The normalized spacial score (nSPS) is 11.6. The van der Waals surface area contributed by atoms with E-state index >= 15 is 0 Å². The van der Waals surface area contributed by atoms with Gasteiger partial charge in [-0.25, -0.2) is 28.5 Å². The molecule has 0 saturated heterocycles. The van der Waals surface area contributed by atoms with Crippen molar-refractivity contribution in [1.29, 1.82) is 0 Å². The lowest BCUT2D eigenvalue weighted by molar-refractivity contribution is 0.623. The number of aromatic nitrogens is 10. The summed E-state index contributed by atoms with van der Waals surface area (Å²) in [6.45, 7) is 4.79. The summed E-state index contributed by atoms with van der Waals surface area (Å²) in [5, 5.41) is 13.0. The molecular formula is C23H19FN10. The van der Waals surface area contributed by atoms with Crippen molar-refractivity contribution in [2.45, 2.75) is 26.9 Å². The van der Waals surface area contributed by atoms with E-state index in [1.165, 1.54) is 6.07 Å². The van der Waals surface area contributed by atoms with Gasteiger partial charge in [-0.05, 0) is 38.1 Å². The van der Waals surface area contributed by atoms with E-state index in [2.05, 4.69) is 35.3 Å². The molecule has 5 heterocycles.